The molecule has 0 atom stereocenters. The molecule has 3 heteroatoms. The molecule has 0 unspecified atom stereocenters. The van der Waals surface area contributed by atoms with Crippen LogP contribution in [0.4, 0.5) is 0 Å². The maximum Gasteiger partial charge on any atom is 0.0223 e. The Kier molecular flexibility index (Phi) is 5.72. The monoisotopic (exact) mass is 237 g/mol. The van der Waals surface area contributed by atoms with Gasteiger partial charge in [-0.3, -0.25) is 0 Å². The molecule has 17 heavy (non-hydrogen) atoms. The van der Waals surface area contributed by atoms with E-state index in [9.17, 15) is 0 Å². The summed E-state index contributed by atoms with van der Waals surface area (Å²) in [7, 11) is 4.24. The van der Waals surface area contributed by atoms with E-state index in [0.717, 1.165) is 26.2 Å². The summed E-state index contributed by atoms with van der Waals surface area (Å²) in [6.07, 6.45) is 1.21. The Hall–Kier alpha value is -0.800. The van der Waals surface area contributed by atoms with Crippen molar-refractivity contribution in [3.63, 3.8) is 0 Å². The maximum absolute atomic E-state index is 3.52. The van der Waals surface area contributed by atoms with Crippen molar-refractivity contribution < 1.29 is 0 Å². The highest BCUT2D eigenvalue weighted by Gasteiger charge is 2.06. The van der Waals surface area contributed by atoms with Crippen molar-refractivity contribution in [1.29, 1.82) is 0 Å². The summed E-state index contributed by atoms with van der Waals surface area (Å²) in [5.74, 6) is 0. The molecule has 0 saturated heterocycles. The highest BCUT2D eigenvalue weighted by atomic mass is 15.1. The first-order valence-corrected chi connectivity index (χ1v) is 6.57. The van der Waals surface area contributed by atoms with Crippen LogP contribution < -0.4 is 5.32 Å². The number of nitrogens with one attached hydrogen (secondary N) is 1. The summed E-state index contributed by atoms with van der Waals surface area (Å²) in [5, 5.41) is 3.52. The van der Waals surface area contributed by atoms with Gasteiger partial charge in [0.1, 0.15) is 0 Å². The molecule has 1 aromatic rings. The molecule has 1 heterocycles. The quantitative estimate of drug-likeness (QED) is 0.733. The van der Waals surface area contributed by atoms with Gasteiger partial charge < -0.3 is 14.8 Å². The summed E-state index contributed by atoms with van der Waals surface area (Å²) in [6.45, 7) is 10.9. The van der Waals surface area contributed by atoms with Gasteiger partial charge in [0.05, 0.1) is 0 Å². The number of aryl methyl sites for hydroxylation is 1. The van der Waals surface area contributed by atoms with Crippen molar-refractivity contribution in [3.8, 4) is 0 Å². The predicted octanol–water partition coefficient (Wildman–Crippen LogP) is 2.17. The zero-order valence-corrected chi connectivity index (χ0v) is 12.0. The molecular weight excluding hydrogens is 210 g/mol. The fourth-order valence-corrected chi connectivity index (χ4v) is 2.28. The molecule has 0 spiro atoms. The second-order valence-corrected chi connectivity index (χ2v) is 4.97. The molecule has 98 valence electrons. The molecule has 0 aliphatic carbocycles. The van der Waals surface area contributed by atoms with Crippen molar-refractivity contribution in [2.75, 3.05) is 27.2 Å². The van der Waals surface area contributed by atoms with Gasteiger partial charge >= 0.3 is 0 Å². The van der Waals surface area contributed by atoms with Crippen LogP contribution in [0.15, 0.2) is 6.07 Å². The van der Waals surface area contributed by atoms with E-state index in [1.807, 2.05) is 0 Å². The lowest BCUT2D eigenvalue weighted by atomic mass is 10.2. The Morgan fingerprint density at radius 1 is 1.29 bits per heavy atom. The molecule has 0 aliphatic rings. The second-order valence-electron chi connectivity index (χ2n) is 4.97. The topological polar surface area (TPSA) is 20.2 Å². The fraction of sp³-hybridized carbons (Fsp3) is 0.714. The van der Waals surface area contributed by atoms with E-state index in [1.165, 1.54) is 23.4 Å². The van der Waals surface area contributed by atoms with Gasteiger partial charge in [-0.15, -0.1) is 0 Å². The molecule has 3 nitrogen and oxygen atoms in total. The van der Waals surface area contributed by atoms with E-state index in [0.29, 0.717) is 0 Å². The Labute approximate surface area is 106 Å². The molecule has 1 aromatic heterocycles. The zero-order chi connectivity index (χ0) is 12.8. The smallest absolute Gasteiger partial charge is 0.0223 e. The molecule has 0 saturated carbocycles. The summed E-state index contributed by atoms with van der Waals surface area (Å²) in [6, 6.07) is 2.30. The molecule has 1 rings (SSSR count). The minimum Gasteiger partial charge on any atom is -0.349 e. The van der Waals surface area contributed by atoms with Gasteiger partial charge in [0.15, 0.2) is 0 Å². The van der Waals surface area contributed by atoms with Gasteiger partial charge in [0, 0.05) is 24.5 Å². The molecule has 0 radical (unpaired) electrons. The van der Waals surface area contributed by atoms with Crippen molar-refractivity contribution in [2.45, 2.75) is 40.3 Å². The Morgan fingerprint density at radius 2 is 2.00 bits per heavy atom. The minimum atomic E-state index is 0.993. The van der Waals surface area contributed by atoms with Crippen LogP contribution in [0.2, 0.25) is 0 Å². The van der Waals surface area contributed by atoms with Gasteiger partial charge in [-0.1, -0.05) is 0 Å². The van der Waals surface area contributed by atoms with E-state index >= 15 is 0 Å². The summed E-state index contributed by atoms with van der Waals surface area (Å²) in [5.41, 5.74) is 4.22. The first-order valence-electron chi connectivity index (χ1n) is 6.57. The number of hydrogen-bond donors (Lipinski definition) is 1. The van der Waals surface area contributed by atoms with Crippen LogP contribution in [0, 0.1) is 13.8 Å². The average Bonchev–Trinajstić information content (AvgIpc) is 2.53. The first-order chi connectivity index (χ1) is 8.06. The molecule has 0 aromatic carbocycles. The van der Waals surface area contributed by atoms with Crippen LogP contribution in [0.5, 0.6) is 0 Å². The highest BCUT2D eigenvalue weighted by molar-refractivity contribution is 5.26. The van der Waals surface area contributed by atoms with Crippen LogP contribution in [0.25, 0.3) is 0 Å². The minimum absolute atomic E-state index is 0.993. The standard InChI is InChI=1S/C14H27N3/c1-6-17-12(2)10-14(13(17)3)11-15-8-7-9-16(4)5/h10,15H,6-9,11H2,1-5H3. The summed E-state index contributed by atoms with van der Waals surface area (Å²) >= 11 is 0. The number of hydrogen-bond acceptors (Lipinski definition) is 2. The van der Waals surface area contributed by atoms with Crippen molar-refractivity contribution in [1.82, 2.24) is 14.8 Å². The molecule has 0 fully saturated rings. The van der Waals surface area contributed by atoms with Gasteiger partial charge in [0.2, 0.25) is 0 Å². The Balaban J connectivity index is 2.37. The van der Waals surface area contributed by atoms with E-state index in [4.69, 9.17) is 0 Å². The molecule has 0 aliphatic heterocycles. The van der Waals surface area contributed by atoms with E-state index in [-0.39, 0.29) is 0 Å². The van der Waals surface area contributed by atoms with Crippen molar-refractivity contribution >= 4 is 0 Å². The summed E-state index contributed by atoms with van der Waals surface area (Å²) < 4.78 is 2.37. The first kappa shape index (κ1) is 14.3. The number of nitrogens with zero attached hydrogens (tertiary/aromatic N) is 2. The van der Waals surface area contributed by atoms with E-state index in [2.05, 4.69) is 55.7 Å². The third-order valence-corrected chi connectivity index (χ3v) is 3.27. The van der Waals surface area contributed by atoms with Gasteiger partial charge in [0.25, 0.3) is 0 Å². The third kappa shape index (κ3) is 4.17. The van der Waals surface area contributed by atoms with Crippen LogP contribution in [0.1, 0.15) is 30.3 Å². The van der Waals surface area contributed by atoms with Gasteiger partial charge in [-0.2, -0.15) is 0 Å². The predicted molar refractivity (Wildman–Crippen MR) is 74.5 cm³/mol. The van der Waals surface area contributed by atoms with Gasteiger partial charge in [-0.25, -0.2) is 0 Å². The van der Waals surface area contributed by atoms with Gasteiger partial charge in [-0.05, 0) is 66.0 Å². The fourth-order valence-electron chi connectivity index (χ4n) is 2.28. The number of aromatic nitrogens is 1. The zero-order valence-electron chi connectivity index (χ0n) is 12.0. The summed E-state index contributed by atoms with van der Waals surface area (Å²) in [4.78, 5) is 2.23. The maximum atomic E-state index is 3.52. The Bertz CT molecular complexity index is 339. The van der Waals surface area contributed by atoms with E-state index < -0.39 is 0 Å². The molecule has 0 amide bonds. The van der Waals surface area contributed by atoms with E-state index in [1.54, 1.807) is 0 Å². The van der Waals surface area contributed by atoms with Crippen LogP contribution in [0.3, 0.4) is 0 Å². The number of rotatable bonds is 7. The van der Waals surface area contributed by atoms with Crippen molar-refractivity contribution in [2.24, 2.45) is 0 Å². The lowest BCUT2D eigenvalue weighted by Gasteiger charge is -2.10. The molecule has 0 bridgehead atoms. The highest BCUT2D eigenvalue weighted by Crippen LogP contribution is 2.14. The largest absolute Gasteiger partial charge is 0.349 e. The molecular formula is C14H27N3. The SMILES string of the molecule is CCn1c(C)cc(CNCCCN(C)C)c1C. The van der Waals surface area contributed by atoms with Crippen molar-refractivity contribution in [3.05, 3.63) is 23.0 Å². The lowest BCUT2D eigenvalue weighted by Crippen LogP contribution is -2.21. The van der Waals surface area contributed by atoms with Crippen LogP contribution >= 0.6 is 0 Å². The molecule has 1 N–H and O–H groups in total. The lowest BCUT2D eigenvalue weighted by molar-refractivity contribution is 0.394. The average molecular weight is 237 g/mol. The van der Waals surface area contributed by atoms with Crippen LogP contribution in [-0.2, 0) is 13.1 Å². The Morgan fingerprint density at radius 3 is 2.53 bits per heavy atom. The normalized spacial score (nSPS) is 11.4. The third-order valence-electron chi connectivity index (χ3n) is 3.27. The van der Waals surface area contributed by atoms with Crippen LogP contribution in [-0.4, -0.2) is 36.7 Å². The second kappa shape index (κ2) is 6.82.